The third-order valence-electron chi connectivity index (χ3n) is 3.16. The van der Waals surface area contributed by atoms with Crippen LogP contribution in [0.1, 0.15) is 48.0 Å². The van der Waals surface area contributed by atoms with Crippen molar-refractivity contribution < 1.29 is 0 Å². The predicted octanol–water partition coefficient (Wildman–Crippen LogP) is 3.55. The van der Waals surface area contributed by atoms with Crippen LogP contribution in [0.5, 0.6) is 0 Å². The van der Waals surface area contributed by atoms with E-state index in [4.69, 9.17) is 0 Å². The lowest BCUT2D eigenvalue weighted by Crippen LogP contribution is -2.32. The van der Waals surface area contributed by atoms with Crippen molar-refractivity contribution in [3.05, 3.63) is 0 Å². The molecule has 1 heteroatoms. The fraction of sp³-hybridized carbons (Fsp3) is 1.00. The molecule has 86 valence electrons. The Labute approximate surface area is 90.7 Å². The highest BCUT2D eigenvalue weighted by atomic mass is 14.9. The van der Waals surface area contributed by atoms with Gasteiger partial charge in [-0.2, -0.15) is 0 Å². The van der Waals surface area contributed by atoms with Gasteiger partial charge in [0.25, 0.3) is 0 Å². The van der Waals surface area contributed by atoms with E-state index in [0.29, 0.717) is 0 Å². The van der Waals surface area contributed by atoms with E-state index in [1.807, 2.05) is 0 Å². The second kappa shape index (κ2) is 7.28. The largest absolute Gasteiger partial charge is 0.316 e. The Bertz CT molecular complexity index is 129. The van der Waals surface area contributed by atoms with Crippen molar-refractivity contribution in [1.29, 1.82) is 0 Å². The molecule has 2 atom stereocenters. The van der Waals surface area contributed by atoms with Crippen LogP contribution in [0.15, 0.2) is 0 Å². The van der Waals surface area contributed by atoms with Gasteiger partial charge in [0.15, 0.2) is 0 Å². The summed E-state index contributed by atoms with van der Waals surface area (Å²) in [5, 5.41) is 3.58. The fourth-order valence-corrected chi connectivity index (χ4v) is 1.94. The molecule has 0 saturated heterocycles. The molecular weight excluding hydrogens is 170 g/mol. The summed E-state index contributed by atoms with van der Waals surface area (Å²) in [5.74, 6) is 3.23. The van der Waals surface area contributed by atoms with E-state index in [9.17, 15) is 0 Å². The van der Waals surface area contributed by atoms with Gasteiger partial charge in [-0.1, -0.05) is 48.0 Å². The van der Waals surface area contributed by atoms with Gasteiger partial charge in [0, 0.05) is 0 Å². The van der Waals surface area contributed by atoms with Crippen LogP contribution in [0.25, 0.3) is 0 Å². The molecule has 0 amide bonds. The minimum atomic E-state index is 0.764. The summed E-state index contributed by atoms with van der Waals surface area (Å²) in [7, 11) is 0. The third-order valence-corrected chi connectivity index (χ3v) is 3.16. The van der Waals surface area contributed by atoms with Crippen LogP contribution in [0.3, 0.4) is 0 Å². The lowest BCUT2D eigenvalue weighted by Gasteiger charge is -2.27. The second-order valence-corrected chi connectivity index (χ2v) is 5.35. The molecule has 0 aromatic carbocycles. The maximum atomic E-state index is 3.58. The molecule has 0 aliphatic rings. The summed E-state index contributed by atoms with van der Waals surface area (Å²) >= 11 is 0. The lowest BCUT2D eigenvalue weighted by atomic mass is 9.83. The van der Waals surface area contributed by atoms with Gasteiger partial charge < -0.3 is 5.32 Å². The highest BCUT2D eigenvalue weighted by Crippen LogP contribution is 2.22. The van der Waals surface area contributed by atoms with E-state index >= 15 is 0 Å². The number of nitrogens with one attached hydrogen (secondary N) is 1. The molecule has 0 bridgehead atoms. The van der Waals surface area contributed by atoms with Crippen molar-refractivity contribution in [1.82, 2.24) is 5.32 Å². The summed E-state index contributed by atoms with van der Waals surface area (Å²) in [4.78, 5) is 0. The molecule has 1 N–H and O–H groups in total. The predicted molar refractivity (Wildman–Crippen MR) is 65.5 cm³/mol. The quantitative estimate of drug-likeness (QED) is 0.661. The van der Waals surface area contributed by atoms with Gasteiger partial charge in [0.2, 0.25) is 0 Å². The minimum Gasteiger partial charge on any atom is -0.316 e. The zero-order chi connectivity index (χ0) is 11.1. The topological polar surface area (TPSA) is 12.0 Å². The van der Waals surface area contributed by atoms with Gasteiger partial charge in [-0.05, 0) is 36.8 Å². The normalized spacial score (nSPS) is 16.3. The highest BCUT2D eigenvalue weighted by molar-refractivity contribution is 4.71. The number of hydrogen-bond donors (Lipinski definition) is 1. The standard InChI is InChI=1S/C13H29N/c1-7-12(6)13(11(4)5)9-14-8-10(2)3/h10-14H,7-9H2,1-6H3. The Morgan fingerprint density at radius 1 is 0.929 bits per heavy atom. The molecule has 0 aromatic rings. The smallest absolute Gasteiger partial charge is 0.00154 e. The molecule has 0 saturated carbocycles. The average Bonchev–Trinajstić information content (AvgIpc) is 2.10. The van der Waals surface area contributed by atoms with Crippen LogP contribution >= 0.6 is 0 Å². The number of hydrogen-bond acceptors (Lipinski definition) is 1. The van der Waals surface area contributed by atoms with E-state index in [2.05, 4.69) is 46.9 Å². The van der Waals surface area contributed by atoms with E-state index in [0.717, 1.165) is 30.2 Å². The Kier molecular flexibility index (Phi) is 7.26. The Morgan fingerprint density at radius 3 is 1.86 bits per heavy atom. The van der Waals surface area contributed by atoms with Gasteiger partial charge in [0.1, 0.15) is 0 Å². The number of rotatable bonds is 7. The molecule has 0 spiro atoms. The molecule has 0 aromatic heterocycles. The van der Waals surface area contributed by atoms with Crippen molar-refractivity contribution in [2.75, 3.05) is 13.1 Å². The zero-order valence-corrected chi connectivity index (χ0v) is 10.9. The highest BCUT2D eigenvalue weighted by Gasteiger charge is 2.18. The van der Waals surface area contributed by atoms with E-state index < -0.39 is 0 Å². The summed E-state index contributed by atoms with van der Waals surface area (Å²) < 4.78 is 0. The molecule has 0 radical (unpaired) electrons. The molecule has 0 rings (SSSR count). The average molecular weight is 199 g/mol. The van der Waals surface area contributed by atoms with Crippen LogP contribution in [-0.2, 0) is 0 Å². The molecule has 0 heterocycles. The maximum absolute atomic E-state index is 3.58. The minimum absolute atomic E-state index is 0.764. The van der Waals surface area contributed by atoms with Crippen LogP contribution in [0.2, 0.25) is 0 Å². The fourth-order valence-electron chi connectivity index (χ4n) is 1.94. The molecule has 0 aliphatic carbocycles. The van der Waals surface area contributed by atoms with Crippen molar-refractivity contribution in [3.8, 4) is 0 Å². The van der Waals surface area contributed by atoms with Crippen molar-refractivity contribution in [2.24, 2.45) is 23.7 Å². The molecule has 0 fully saturated rings. The lowest BCUT2D eigenvalue weighted by molar-refractivity contribution is 0.251. The van der Waals surface area contributed by atoms with Crippen LogP contribution in [-0.4, -0.2) is 13.1 Å². The van der Waals surface area contributed by atoms with Crippen LogP contribution < -0.4 is 5.32 Å². The summed E-state index contributed by atoms with van der Waals surface area (Å²) in [6.45, 7) is 16.2. The van der Waals surface area contributed by atoms with Crippen molar-refractivity contribution >= 4 is 0 Å². The first kappa shape index (κ1) is 14.0. The Balaban J connectivity index is 3.85. The van der Waals surface area contributed by atoms with Gasteiger partial charge in [-0.15, -0.1) is 0 Å². The monoisotopic (exact) mass is 199 g/mol. The third kappa shape index (κ3) is 5.64. The Hall–Kier alpha value is -0.0400. The van der Waals surface area contributed by atoms with Gasteiger partial charge in [-0.3, -0.25) is 0 Å². The SMILES string of the molecule is CCC(C)C(CNCC(C)C)C(C)C. The molecule has 2 unspecified atom stereocenters. The molecular formula is C13H29N. The van der Waals surface area contributed by atoms with E-state index in [1.165, 1.54) is 13.0 Å². The van der Waals surface area contributed by atoms with Crippen LogP contribution in [0, 0.1) is 23.7 Å². The van der Waals surface area contributed by atoms with Crippen molar-refractivity contribution in [3.63, 3.8) is 0 Å². The van der Waals surface area contributed by atoms with Gasteiger partial charge in [-0.25, -0.2) is 0 Å². The van der Waals surface area contributed by atoms with Gasteiger partial charge in [0.05, 0.1) is 0 Å². The first-order valence-electron chi connectivity index (χ1n) is 6.19. The van der Waals surface area contributed by atoms with E-state index in [1.54, 1.807) is 0 Å². The van der Waals surface area contributed by atoms with Crippen LogP contribution in [0.4, 0.5) is 0 Å². The van der Waals surface area contributed by atoms with Crippen molar-refractivity contribution in [2.45, 2.75) is 48.0 Å². The zero-order valence-electron chi connectivity index (χ0n) is 10.9. The van der Waals surface area contributed by atoms with Gasteiger partial charge >= 0.3 is 0 Å². The first-order valence-corrected chi connectivity index (χ1v) is 6.19. The molecule has 14 heavy (non-hydrogen) atoms. The summed E-state index contributed by atoms with van der Waals surface area (Å²) in [6, 6.07) is 0. The maximum Gasteiger partial charge on any atom is -0.00154 e. The second-order valence-electron chi connectivity index (χ2n) is 5.35. The molecule has 0 aliphatic heterocycles. The summed E-state index contributed by atoms with van der Waals surface area (Å²) in [6.07, 6.45) is 1.30. The Morgan fingerprint density at radius 2 is 1.50 bits per heavy atom. The van der Waals surface area contributed by atoms with E-state index in [-0.39, 0.29) is 0 Å². The molecule has 1 nitrogen and oxygen atoms in total. The first-order chi connectivity index (χ1) is 6.49. The summed E-state index contributed by atoms with van der Waals surface area (Å²) in [5.41, 5.74) is 0.